The van der Waals surface area contributed by atoms with Crippen LogP contribution in [0.4, 0.5) is 0 Å². The van der Waals surface area contributed by atoms with E-state index in [4.69, 9.17) is 14.2 Å². The number of carbonyl (C=O) groups is 3. The Kier molecular flexibility index (Phi) is 10.3. The fourth-order valence-corrected chi connectivity index (χ4v) is 3.54. The summed E-state index contributed by atoms with van der Waals surface area (Å²) in [5, 5.41) is 12.6. The minimum Gasteiger partial charge on any atom is -0.459 e. The van der Waals surface area contributed by atoms with Crippen LogP contribution in [0.15, 0.2) is 30.3 Å². The lowest BCUT2D eigenvalue weighted by atomic mass is 9.85. The predicted octanol–water partition coefficient (Wildman–Crippen LogP) is 1.28. The molecule has 0 unspecified atom stereocenters. The first kappa shape index (κ1) is 26.8. The van der Waals surface area contributed by atoms with E-state index in [2.05, 4.69) is 5.32 Å². The fourth-order valence-electron chi connectivity index (χ4n) is 3.54. The largest absolute Gasteiger partial charge is 0.459 e. The number of nitrogens with one attached hydrogen (secondary N) is 1. The number of esters is 1. The van der Waals surface area contributed by atoms with E-state index in [0.717, 1.165) is 5.56 Å². The minimum atomic E-state index is -0.739. The Morgan fingerprint density at radius 1 is 1.12 bits per heavy atom. The van der Waals surface area contributed by atoms with Crippen LogP contribution in [0.5, 0.6) is 0 Å². The molecule has 0 bridgehead atoms. The molecule has 2 rings (SSSR count). The lowest BCUT2D eigenvalue weighted by Gasteiger charge is -2.35. The van der Waals surface area contributed by atoms with Crippen molar-refractivity contribution in [2.24, 2.45) is 5.41 Å². The molecule has 9 heteroatoms. The highest BCUT2D eigenvalue weighted by atomic mass is 16.6. The first-order valence-electron chi connectivity index (χ1n) is 11.2. The quantitative estimate of drug-likeness (QED) is 0.374. The lowest BCUT2D eigenvalue weighted by molar-refractivity contribution is -0.151. The summed E-state index contributed by atoms with van der Waals surface area (Å²) < 4.78 is 15.6. The van der Waals surface area contributed by atoms with E-state index in [1.807, 2.05) is 58.0 Å². The van der Waals surface area contributed by atoms with Gasteiger partial charge in [0.2, 0.25) is 11.8 Å². The Labute approximate surface area is 195 Å². The summed E-state index contributed by atoms with van der Waals surface area (Å²) in [5.74, 6) is -1.11. The van der Waals surface area contributed by atoms with Crippen LogP contribution in [-0.4, -0.2) is 79.0 Å². The summed E-state index contributed by atoms with van der Waals surface area (Å²) in [5.41, 5.74) is 0.381. The molecule has 1 fully saturated rings. The number of aliphatic hydroxyl groups is 1. The van der Waals surface area contributed by atoms with Crippen molar-refractivity contribution in [3.05, 3.63) is 35.9 Å². The van der Waals surface area contributed by atoms with E-state index >= 15 is 0 Å². The Balaban J connectivity index is 1.65. The molecular weight excluding hydrogens is 428 g/mol. The molecule has 9 nitrogen and oxygen atoms in total. The van der Waals surface area contributed by atoms with Crippen molar-refractivity contribution in [2.75, 3.05) is 33.0 Å². The first-order chi connectivity index (χ1) is 15.6. The maximum atomic E-state index is 13.0. The monoisotopic (exact) mass is 464 g/mol. The molecule has 33 heavy (non-hydrogen) atoms. The molecule has 1 heterocycles. The third-order valence-electron chi connectivity index (χ3n) is 5.32. The summed E-state index contributed by atoms with van der Waals surface area (Å²) in [4.78, 5) is 38.7. The van der Waals surface area contributed by atoms with Crippen molar-refractivity contribution in [1.82, 2.24) is 10.2 Å². The van der Waals surface area contributed by atoms with E-state index in [9.17, 15) is 19.5 Å². The van der Waals surface area contributed by atoms with Gasteiger partial charge in [0.05, 0.1) is 19.3 Å². The second-order valence-electron chi connectivity index (χ2n) is 9.35. The van der Waals surface area contributed by atoms with Gasteiger partial charge in [-0.15, -0.1) is 0 Å². The van der Waals surface area contributed by atoms with Crippen molar-refractivity contribution in [3.63, 3.8) is 0 Å². The second-order valence-corrected chi connectivity index (χ2v) is 9.35. The van der Waals surface area contributed by atoms with Gasteiger partial charge in [0, 0.05) is 12.6 Å². The highest BCUT2D eigenvalue weighted by Crippen LogP contribution is 2.25. The summed E-state index contributed by atoms with van der Waals surface area (Å²) in [7, 11) is 0. The molecule has 1 aromatic rings. The van der Waals surface area contributed by atoms with Gasteiger partial charge in [-0.2, -0.15) is 0 Å². The fraction of sp³-hybridized carbons (Fsp3) is 0.625. The molecule has 1 saturated heterocycles. The third kappa shape index (κ3) is 9.11. The van der Waals surface area contributed by atoms with Gasteiger partial charge >= 0.3 is 5.97 Å². The van der Waals surface area contributed by atoms with E-state index in [-0.39, 0.29) is 51.5 Å². The minimum absolute atomic E-state index is 0.0815. The molecular formula is C24H36N2O7. The average Bonchev–Trinajstić information content (AvgIpc) is 3.10. The topological polar surface area (TPSA) is 114 Å². The SMILES string of the molecule is C[C@@H]1C[C@@H](O)CN1C(=O)[C@@H](NC(=O)COCCOCC(=O)OCc1ccccc1)C(C)(C)C. The van der Waals surface area contributed by atoms with Gasteiger partial charge in [0.1, 0.15) is 25.9 Å². The number of hydrogen-bond acceptors (Lipinski definition) is 7. The standard InChI is InChI=1S/C24H36N2O7/c1-17-12-19(27)13-26(17)23(30)22(24(2,3)4)25-20(28)15-31-10-11-32-16-21(29)33-14-18-8-6-5-7-9-18/h5-9,17,19,22,27H,10-16H2,1-4H3,(H,25,28)/t17-,19-,22-/m1/s1. The molecule has 2 amide bonds. The van der Waals surface area contributed by atoms with Crippen LogP contribution in [0.25, 0.3) is 0 Å². The Morgan fingerprint density at radius 3 is 2.33 bits per heavy atom. The first-order valence-corrected chi connectivity index (χ1v) is 11.2. The molecule has 0 aliphatic carbocycles. The van der Waals surface area contributed by atoms with E-state index in [0.29, 0.717) is 6.42 Å². The van der Waals surface area contributed by atoms with Crippen LogP contribution in [0.2, 0.25) is 0 Å². The Hall–Kier alpha value is -2.49. The number of hydrogen-bond donors (Lipinski definition) is 2. The maximum Gasteiger partial charge on any atom is 0.332 e. The molecule has 1 aliphatic rings. The highest BCUT2D eigenvalue weighted by molar-refractivity contribution is 5.89. The van der Waals surface area contributed by atoms with E-state index < -0.39 is 29.4 Å². The second kappa shape index (κ2) is 12.7. The average molecular weight is 465 g/mol. The van der Waals surface area contributed by atoms with Crippen molar-refractivity contribution >= 4 is 17.8 Å². The van der Waals surface area contributed by atoms with Gasteiger partial charge in [-0.25, -0.2) is 4.79 Å². The van der Waals surface area contributed by atoms with Crippen molar-refractivity contribution in [3.8, 4) is 0 Å². The molecule has 1 aliphatic heterocycles. The lowest BCUT2D eigenvalue weighted by Crippen LogP contribution is -2.56. The maximum absolute atomic E-state index is 13.0. The van der Waals surface area contributed by atoms with Crippen LogP contribution in [-0.2, 0) is 35.2 Å². The molecule has 0 aromatic heterocycles. The number of aliphatic hydroxyl groups excluding tert-OH is 1. The molecule has 3 atom stereocenters. The van der Waals surface area contributed by atoms with E-state index in [1.54, 1.807) is 4.90 Å². The van der Waals surface area contributed by atoms with Crippen LogP contribution >= 0.6 is 0 Å². The number of carbonyl (C=O) groups excluding carboxylic acids is 3. The van der Waals surface area contributed by atoms with Gasteiger partial charge < -0.3 is 29.5 Å². The number of nitrogens with zero attached hydrogens (tertiary/aromatic N) is 1. The zero-order chi connectivity index (χ0) is 24.4. The summed E-state index contributed by atoms with van der Waals surface area (Å²) >= 11 is 0. The summed E-state index contributed by atoms with van der Waals surface area (Å²) in [6, 6.07) is 8.52. The van der Waals surface area contributed by atoms with Gasteiger partial charge in [-0.1, -0.05) is 51.1 Å². The Morgan fingerprint density at radius 2 is 1.76 bits per heavy atom. The zero-order valence-corrected chi connectivity index (χ0v) is 19.9. The summed E-state index contributed by atoms with van der Waals surface area (Å²) in [6.45, 7) is 7.75. The highest BCUT2D eigenvalue weighted by Gasteiger charge is 2.40. The number of likely N-dealkylation sites (tertiary alicyclic amines) is 1. The molecule has 184 valence electrons. The van der Waals surface area contributed by atoms with Gasteiger partial charge in [-0.3, -0.25) is 9.59 Å². The predicted molar refractivity (Wildman–Crippen MR) is 121 cm³/mol. The van der Waals surface area contributed by atoms with Gasteiger partial charge in [0.25, 0.3) is 0 Å². The zero-order valence-electron chi connectivity index (χ0n) is 19.9. The van der Waals surface area contributed by atoms with Crippen LogP contribution in [0.1, 0.15) is 39.7 Å². The van der Waals surface area contributed by atoms with Crippen LogP contribution < -0.4 is 5.32 Å². The van der Waals surface area contributed by atoms with Gasteiger partial charge in [-0.05, 0) is 24.3 Å². The molecule has 0 saturated carbocycles. The number of amides is 2. The van der Waals surface area contributed by atoms with Gasteiger partial charge in [0.15, 0.2) is 0 Å². The van der Waals surface area contributed by atoms with Crippen molar-refractivity contribution in [2.45, 2.75) is 58.9 Å². The van der Waals surface area contributed by atoms with E-state index in [1.165, 1.54) is 0 Å². The smallest absolute Gasteiger partial charge is 0.332 e. The number of β-amino-alcohol motifs (C(OH)–C–C–N with tert-alkyl or cyclic N) is 1. The van der Waals surface area contributed by atoms with Crippen LogP contribution in [0.3, 0.4) is 0 Å². The molecule has 1 aromatic carbocycles. The third-order valence-corrected chi connectivity index (χ3v) is 5.32. The molecule has 0 spiro atoms. The number of benzene rings is 1. The van der Waals surface area contributed by atoms with Crippen molar-refractivity contribution in [1.29, 1.82) is 0 Å². The number of rotatable bonds is 11. The van der Waals surface area contributed by atoms with Crippen molar-refractivity contribution < 1.29 is 33.7 Å². The Bertz CT molecular complexity index is 779. The number of ether oxygens (including phenoxy) is 3. The normalized spacial score (nSPS) is 19.2. The summed E-state index contributed by atoms with van der Waals surface area (Å²) in [6.07, 6.45) is -0.0151. The molecule has 2 N–H and O–H groups in total. The van der Waals surface area contributed by atoms with Crippen LogP contribution in [0, 0.1) is 5.41 Å². The molecule has 0 radical (unpaired) electrons.